The highest BCUT2D eigenvalue weighted by Gasteiger charge is 2.06. The van der Waals surface area contributed by atoms with Crippen LogP contribution in [0.15, 0.2) is 18.2 Å². The molecule has 3 N–H and O–H groups in total. The molecule has 0 atom stereocenters. The molecule has 0 saturated heterocycles. The predicted octanol–water partition coefficient (Wildman–Crippen LogP) is 2.81. The van der Waals surface area contributed by atoms with E-state index in [0.29, 0.717) is 0 Å². The standard InChI is InChI=1S/C15H24N4/c1-3-8-19(9-4-2)10-7-15-17-13-6-5-12(16)11-14(13)18-15/h5-6,11H,3-4,7-10,16H2,1-2H3,(H,17,18). The number of benzene rings is 1. The van der Waals surface area contributed by atoms with Gasteiger partial charge in [0.05, 0.1) is 11.0 Å². The summed E-state index contributed by atoms with van der Waals surface area (Å²) < 4.78 is 0. The van der Waals surface area contributed by atoms with Crippen LogP contribution in [0.4, 0.5) is 5.69 Å². The van der Waals surface area contributed by atoms with Gasteiger partial charge in [-0.1, -0.05) is 13.8 Å². The maximum absolute atomic E-state index is 5.78. The van der Waals surface area contributed by atoms with Gasteiger partial charge >= 0.3 is 0 Å². The predicted molar refractivity (Wildman–Crippen MR) is 81.2 cm³/mol. The average molecular weight is 260 g/mol. The molecule has 0 spiro atoms. The molecule has 0 bridgehead atoms. The van der Waals surface area contributed by atoms with Crippen LogP contribution < -0.4 is 5.73 Å². The lowest BCUT2D eigenvalue weighted by Gasteiger charge is -2.19. The second-order valence-electron chi connectivity index (χ2n) is 5.05. The van der Waals surface area contributed by atoms with Crippen molar-refractivity contribution >= 4 is 16.7 Å². The van der Waals surface area contributed by atoms with Crippen LogP contribution in [0.2, 0.25) is 0 Å². The minimum Gasteiger partial charge on any atom is -0.399 e. The fourth-order valence-corrected chi connectivity index (χ4v) is 2.43. The summed E-state index contributed by atoms with van der Waals surface area (Å²) in [5.41, 5.74) is 8.59. The number of aromatic amines is 1. The molecule has 0 radical (unpaired) electrons. The Morgan fingerprint density at radius 3 is 2.58 bits per heavy atom. The maximum Gasteiger partial charge on any atom is 0.108 e. The van der Waals surface area contributed by atoms with E-state index in [-0.39, 0.29) is 0 Å². The van der Waals surface area contributed by atoms with E-state index in [1.807, 2.05) is 18.2 Å². The molecular weight excluding hydrogens is 236 g/mol. The number of hydrogen-bond acceptors (Lipinski definition) is 3. The lowest BCUT2D eigenvalue weighted by molar-refractivity contribution is 0.276. The molecule has 0 aliphatic heterocycles. The second kappa shape index (κ2) is 6.57. The van der Waals surface area contributed by atoms with Crippen molar-refractivity contribution in [1.29, 1.82) is 0 Å². The van der Waals surface area contributed by atoms with Crippen molar-refractivity contribution in [2.24, 2.45) is 0 Å². The van der Waals surface area contributed by atoms with Crippen molar-refractivity contribution in [3.05, 3.63) is 24.0 Å². The number of nitrogen functional groups attached to an aromatic ring is 1. The summed E-state index contributed by atoms with van der Waals surface area (Å²) in [6, 6.07) is 5.82. The van der Waals surface area contributed by atoms with Gasteiger partial charge in [-0.25, -0.2) is 4.98 Å². The van der Waals surface area contributed by atoms with Gasteiger partial charge in [-0.15, -0.1) is 0 Å². The van der Waals surface area contributed by atoms with E-state index in [1.165, 1.54) is 25.9 Å². The molecule has 0 saturated carbocycles. The van der Waals surface area contributed by atoms with E-state index >= 15 is 0 Å². The summed E-state index contributed by atoms with van der Waals surface area (Å²) in [5.74, 6) is 1.05. The van der Waals surface area contributed by atoms with Gasteiger partial charge < -0.3 is 15.6 Å². The molecule has 0 unspecified atom stereocenters. The van der Waals surface area contributed by atoms with Crippen LogP contribution in [0.3, 0.4) is 0 Å². The normalized spacial score (nSPS) is 11.5. The highest BCUT2D eigenvalue weighted by atomic mass is 15.1. The number of rotatable bonds is 7. The number of nitrogens with one attached hydrogen (secondary N) is 1. The van der Waals surface area contributed by atoms with Crippen LogP contribution in [0.5, 0.6) is 0 Å². The Hall–Kier alpha value is -1.55. The van der Waals surface area contributed by atoms with E-state index in [2.05, 4.69) is 28.7 Å². The third-order valence-electron chi connectivity index (χ3n) is 3.30. The van der Waals surface area contributed by atoms with E-state index in [1.54, 1.807) is 0 Å². The number of nitrogens with two attached hydrogens (primary N) is 1. The van der Waals surface area contributed by atoms with Crippen LogP contribution in [0, 0.1) is 0 Å². The Labute approximate surface area is 115 Å². The minimum atomic E-state index is 0.779. The molecular formula is C15H24N4. The first-order valence-corrected chi connectivity index (χ1v) is 7.19. The zero-order valence-corrected chi connectivity index (χ0v) is 11.9. The average Bonchev–Trinajstić information content (AvgIpc) is 2.78. The molecule has 0 aliphatic rings. The molecule has 1 aromatic carbocycles. The fourth-order valence-electron chi connectivity index (χ4n) is 2.43. The SMILES string of the molecule is CCCN(CCC)CCc1nc2ccc(N)cc2[nH]1. The summed E-state index contributed by atoms with van der Waals surface area (Å²) in [6.45, 7) is 7.86. The van der Waals surface area contributed by atoms with Gasteiger partial charge in [0.1, 0.15) is 5.82 Å². The van der Waals surface area contributed by atoms with Crippen LogP contribution in [0.25, 0.3) is 11.0 Å². The number of hydrogen-bond donors (Lipinski definition) is 2. The third-order valence-corrected chi connectivity index (χ3v) is 3.30. The smallest absolute Gasteiger partial charge is 0.108 e. The maximum atomic E-state index is 5.78. The Morgan fingerprint density at radius 1 is 1.16 bits per heavy atom. The minimum absolute atomic E-state index is 0.779. The van der Waals surface area contributed by atoms with Crippen LogP contribution in [0.1, 0.15) is 32.5 Å². The molecule has 19 heavy (non-hydrogen) atoms. The summed E-state index contributed by atoms with van der Waals surface area (Å²) in [7, 11) is 0. The van der Waals surface area contributed by atoms with E-state index in [0.717, 1.165) is 35.5 Å². The Kier molecular flexibility index (Phi) is 4.80. The molecule has 104 valence electrons. The lowest BCUT2D eigenvalue weighted by Crippen LogP contribution is -2.28. The first-order chi connectivity index (χ1) is 9.22. The Morgan fingerprint density at radius 2 is 1.89 bits per heavy atom. The van der Waals surface area contributed by atoms with Crippen LogP contribution >= 0.6 is 0 Å². The zero-order valence-electron chi connectivity index (χ0n) is 11.9. The first kappa shape index (κ1) is 13.9. The van der Waals surface area contributed by atoms with Crippen molar-refractivity contribution in [3.8, 4) is 0 Å². The van der Waals surface area contributed by atoms with Crippen molar-refractivity contribution in [1.82, 2.24) is 14.9 Å². The monoisotopic (exact) mass is 260 g/mol. The topological polar surface area (TPSA) is 57.9 Å². The number of fused-ring (bicyclic) bond motifs is 1. The van der Waals surface area contributed by atoms with Gasteiger partial charge in [0.2, 0.25) is 0 Å². The Bertz CT molecular complexity index is 512. The van der Waals surface area contributed by atoms with Crippen molar-refractivity contribution in [2.75, 3.05) is 25.4 Å². The molecule has 0 amide bonds. The zero-order chi connectivity index (χ0) is 13.7. The van der Waals surface area contributed by atoms with Crippen LogP contribution in [-0.4, -0.2) is 34.5 Å². The first-order valence-electron chi connectivity index (χ1n) is 7.19. The molecule has 2 rings (SSSR count). The number of anilines is 1. The summed E-state index contributed by atoms with van der Waals surface area (Å²) >= 11 is 0. The number of aromatic nitrogens is 2. The molecule has 1 heterocycles. The summed E-state index contributed by atoms with van der Waals surface area (Å²) in [5, 5.41) is 0. The molecule has 2 aromatic rings. The quantitative estimate of drug-likeness (QED) is 0.753. The molecule has 1 aromatic heterocycles. The van der Waals surface area contributed by atoms with Gasteiger partial charge in [0, 0.05) is 18.7 Å². The summed E-state index contributed by atoms with van der Waals surface area (Å²) in [4.78, 5) is 10.5. The molecule has 0 fully saturated rings. The van der Waals surface area contributed by atoms with Gasteiger partial charge in [0.15, 0.2) is 0 Å². The molecule has 4 heteroatoms. The van der Waals surface area contributed by atoms with Crippen LogP contribution in [-0.2, 0) is 6.42 Å². The van der Waals surface area contributed by atoms with E-state index < -0.39 is 0 Å². The number of nitrogens with zero attached hydrogens (tertiary/aromatic N) is 2. The third kappa shape index (κ3) is 3.70. The number of imidazole rings is 1. The second-order valence-corrected chi connectivity index (χ2v) is 5.05. The van der Waals surface area contributed by atoms with E-state index in [4.69, 9.17) is 5.73 Å². The van der Waals surface area contributed by atoms with Gasteiger partial charge in [0.25, 0.3) is 0 Å². The highest BCUT2D eigenvalue weighted by Crippen LogP contribution is 2.15. The van der Waals surface area contributed by atoms with Crippen molar-refractivity contribution in [2.45, 2.75) is 33.1 Å². The summed E-state index contributed by atoms with van der Waals surface area (Å²) in [6.07, 6.45) is 3.38. The van der Waals surface area contributed by atoms with Crippen molar-refractivity contribution in [3.63, 3.8) is 0 Å². The van der Waals surface area contributed by atoms with Crippen molar-refractivity contribution < 1.29 is 0 Å². The Balaban J connectivity index is 2.00. The fraction of sp³-hybridized carbons (Fsp3) is 0.533. The molecule has 4 nitrogen and oxygen atoms in total. The largest absolute Gasteiger partial charge is 0.399 e. The van der Waals surface area contributed by atoms with Gasteiger partial charge in [-0.2, -0.15) is 0 Å². The molecule has 0 aliphatic carbocycles. The highest BCUT2D eigenvalue weighted by molar-refractivity contribution is 5.78. The van der Waals surface area contributed by atoms with Gasteiger partial charge in [-0.05, 0) is 44.1 Å². The number of H-pyrrole nitrogens is 1. The van der Waals surface area contributed by atoms with Gasteiger partial charge in [-0.3, -0.25) is 0 Å². The van der Waals surface area contributed by atoms with E-state index in [9.17, 15) is 0 Å². The lowest BCUT2D eigenvalue weighted by atomic mass is 10.3.